The van der Waals surface area contributed by atoms with Crippen LogP contribution in [0.1, 0.15) is 20.3 Å². The van der Waals surface area contributed by atoms with Crippen LogP contribution in [0.25, 0.3) is 0 Å². The Kier molecular flexibility index (Phi) is 5.88. The molecule has 0 aliphatic rings. The maximum atomic E-state index is 11.2. The van der Waals surface area contributed by atoms with Gasteiger partial charge in [-0.25, -0.2) is 0 Å². The summed E-state index contributed by atoms with van der Waals surface area (Å²) in [5, 5.41) is 9.36. The molecule has 0 heterocycles. The number of rotatable bonds is 3. The maximum Gasteiger partial charge on any atom is 0.230 e. The Morgan fingerprint density at radius 2 is 2.31 bits per heavy atom. The van der Waals surface area contributed by atoms with Crippen molar-refractivity contribution in [3.05, 3.63) is 11.0 Å². The van der Waals surface area contributed by atoms with E-state index >= 15 is 0 Å². The van der Waals surface area contributed by atoms with Gasteiger partial charge in [0.05, 0.1) is 6.42 Å². The van der Waals surface area contributed by atoms with Gasteiger partial charge in [-0.2, -0.15) is 5.10 Å². The average Bonchev–Trinajstić information content (AvgIpc) is 2.04. The zero-order chi connectivity index (χ0) is 10.3. The molecule has 1 amide bonds. The molecule has 0 rings (SSSR count). The summed E-state index contributed by atoms with van der Waals surface area (Å²) in [6.07, 6.45) is 2.02. The Bertz CT molecular complexity index is 258. The highest BCUT2D eigenvalue weighted by Crippen LogP contribution is 2.04. The zero-order valence-electron chi connectivity index (χ0n) is 7.74. The van der Waals surface area contributed by atoms with E-state index in [-0.39, 0.29) is 12.3 Å². The molecular weight excluding hydrogens is 186 g/mol. The van der Waals surface area contributed by atoms with Gasteiger partial charge in [0.15, 0.2) is 0 Å². The van der Waals surface area contributed by atoms with Crippen LogP contribution in [0.4, 0.5) is 0 Å². The van der Waals surface area contributed by atoms with Crippen LogP contribution in [-0.2, 0) is 4.79 Å². The first kappa shape index (κ1) is 11.9. The second-order valence-corrected chi connectivity index (χ2v) is 2.91. The van der Waals surface area contributed by atoms with Crippen molar-refractivity contribution in [3.8, 4) is 0 Å². The maximum absolute atomic E-state index is 11.2. The number of carbonyl (C=O) groups excluding carboxylic acids is 1. The molecule has 0 saturated carbocycles. The van der Waals surface area contributed by atoms with Gasteiger partial charge in [-0.05, 0) is 18.8 Å². The summed E-state index contributed by atoms with van der Waals surface area (Å²) in [6, 6.07) is 0. The molecule has 0 aromatic carbocycles. The Balaban J connectivity index is 4.02. The fourth-order valence-electron chi connectivity index (χ4n) is 0.644. The molecule has 0 aromatic heterocycles. The number of hydrogen-bond acceptors (Lipinski definition) is 4. The Labute approximate surface area is 83.2 Å². The van der Waals surface area contributed by atoms with Gasteiger partial charge in [0.1, 0.15) is 5.84 Å². The minimum Gasteiger partial charge on any atom is -0.313 e. The lowest BCUT2D eigenvalue weighted by Crippen LogP contribution is -2.27. The molecule has 0 atom stereocenters. The SMILES string of the molecule is C=N/N=C(\C)NC(=O)C/C(S)=C/C. The molecule has 0 spiro atoms. The molecular formula is C8H13N3OS. The van der Waals surface area contributed by atoms with E-state index in [1.165, 1.54) is 0 Å². The van der Waals surface area contributed by atoms with Gasteiger partial charge in [-0.15, -0.1) is 17.7 Å². The molecule has 1 N–H and O–H groups in total. The first-order valence-electron chi connectivity index (χ1n) is 3.74. The molecule has 0 bridgehead atoms. The van der Waals surface area contributed by atoms with E-state index < -0.39 is 0 Å². The molecule has 5 heteroatoms. The minimum absolute atomic E-state index is 0.159. The van der Waals surface area contributed by atoms with Crippen LogP contribution in [0.5, 0.6) is 0 Å². The summed E-state index contributed by atoms with van der Waals surface area (Å²) >= 11 is 4.07. The molecule has 0 aliphatic carbocycles. The van der Waals surface area contributed by atoms with Crippen molar-refractivity contribution in [1.82, 2.24) is 5.32 Å². The highest BCUT2D eigenvalue weighted by atomic mass is 32.1. The third-order valence-electron chi connectivity index (χ3n) is 1.22. The summed E-state index contributed by atoms with van der Waals surface area (Å²) in [7, 11) is 0. The lowest BCUT2D eigenvalue weighted by Gasteiger charge is -2.01. The van der Waals surface area contributed by atoms with Gasteiger partial charge in [0, 0.05) is 6.72 Å². The number of nitrogens with one attached hydrogen (secondary N) is 1. The molecule has 0 saturated heterocycles. The Morgan fingerprint density at radius 3 is 2.77 bits per heavy atom. The number of amidine groups is 1. The number of carbonyl (C=O) groups is 1. The highest BCUT2D eigenvalue weighted by molar-refractivity contribution is 7.84. The molecule has 0 aliphatic heterocycles. The van der Waals surface area contributed by atoms with Gasteiger partial charge in [0.25, 0.3) is 0 Å². The lowest BCUT2D eigenvalue weighted by molar-refractivity contribution is -0.118. The fourth-order valence-corrected chi connectivity index (χ4v) is 0.787. The Hall–Kier alpha value is -1.10. The van der Waals surface area contributed by atoms with Crippen molar-refractivity contribution in [2.75, 3.05) is 0 Å². The van der Waals surface area contributed by atoms with Gasteiger partial charge in [-0.3, -0.25) is 4.79 Å². The largest absolute Gasteiger partial charge is 0.313 e. The molecule has 0 unspecified atom stereocenters. The monoisotopic (exact) mass is 199 g/mol. The third kappa shape index (κ3) is 6.10. The van der Waals surface area contributed by atoms with Crippen LogP contribution < -0.4 is 5.32 Å². The molecule has 13 heavy (non-hydrogen) atoms. The van der Waals surface area contributed by atoms with Crippen molar-refractivity contribution >= 4 is 31.1 Å². The molecule has 4 nitrogen and oxygen atoms in total. The van der Waals surface area contributed by atoms with E-state index in [2.05, 4.69) is 34.9 Å². The summed E-state index contributed by atoms with van der Waals surface area (Å²) in [5.74, 6) is 0.269. The van der Waals surface area contributed by atoms with Crippen molar-refractivity contribution in [1.29, 1.82) is 0 Å². The quantitative estimate of drug-likeness (QED) is 0.306. The number of thiol groups is 1. The van der Waals surface area contributed by atoms with Crippen LogP contribution in [-0.4, -0.2) is 18.5 Å². The van der Waals surface area contributed by atoms with Gasteiger partial charge in [0.2, 0.25) is 5.91 Å². The molecule has 0 aromatic rings. The Morgan fingerprint density at radius 1 is 1.69 bits per heavy atom. The minimum atomic E-state index is -0.159. The van der Waals surface area contributed by atoms with E-state index in [4.69, 9.17) is 0 Å². The molecule has 0 fully saturated rings. The first-order chi connectivity index (χ1) is 6.10. The van der Waals surface area contributed by atoms with Crippen LogP contribution in [0.2, 0.25) is 0 Å². The second-order valence-electron chi connectivity index (χ2n) is 2.33. The summed E-state index contributed by atoms with van der Waals surface area (Å²) in [4.78, 5) is 11.9. The predicted octanol–water partition coefficient (Wildman–Crippen LogP) is 1.36. The summed E-state index contributed by atoms with van der Waals surface area (Å²) in [6.45, 7) is 6.63. The molecule has 72 valence electrons. The normalized spacial score (nSPS) is 12.5. The van der Waals surface area contributed by atoms with Gasteiger partial charge >= 0.3 is 0 Å². The van der Waals surface area contributed by atoms with Crippen molar-refractivity contribution < 1.29 is 4.79 Å². The highest BCUT2D eigenvalue weighted by Gasteiger charge is 2.02. The summed E-state index contributed by atoms with van der Waals surface area (Å²) in [5.41, 5.74) is 0. The predicted molar refractivity (Wildman–Crippen MR) is 58.2 cm³/mol. The van der Waals surface area contributed by atoms with Crippen molar-refractivity contribution in [2.45, 2.75) is 20.3 Å². The molecule has 0 radical (unpaired) electrons. The van der Waals surface area contributed by atoms with E-state index in [0.717, 1.165) is 4.91 Å². The topological polar surface area (TPSA) is 53.8 Å². The number of amides is 1. The van der Waals surface area contributed by atoms with Crippen molar-refractivity contribution in [2.24, 2.45) is 10.2 Å². The summed E-state index contributed by atoms with van der Waals surface area (Å²) < 4.78 is 0. The van der Waals surface area contributed by atoms with Crippen LogP contribution >= 0.6 is 12.6 Å². The van der Waals surface area contributed by atoms with E-state index in [1.54, 1.807) is 13.0 Å². The first-order valence-corrected chi connectivity index (χ1v) is 4.19. The van der Waals surface area contributed by atoms with Crippen LogP contribution in [0.15, 0.2) is 21.2 Å². The zero-order valence-corrected chi connectivity index (χ0v) is 8.64. The third-order valence-corrected chi connectivity index (χ3v) is 1.63. The van der Waals surface area contributed by atoms with Crippen LogP contribution in [0.3, 0.4) is 0 Å². The van der Waals surface area contributed by atoms with E-state index in [9.17, 15) is 4.79 Å². The van der Waals surface area contributed by atoms with Gasteiger partial charge < -0.3 is 5.32 Å². The van der Waals surface area contributed by atoms with E-state index in [1.807, 2.05) is 6.92 Å². The number of hydrogen-bond donors (Lipinski definition) is 2. The smallest absolute Gasteiger partial charge is 0.230 e. The average molecular weight is 199 g/mol. The standard InChI is InChI=1S/C8H13N3OS/c1-4-7(13)5-8(12)10-6(2)11-9-3/h4,13H,3,5H2,1-2H3,(H,10,11,12)/b7-4-. The van der Waals surface area contributed by atoms with E-state index in [0.29, 0.717) is 5.84 Å². The van der Waals surface area contributed by atoms with Gasteiger partial charge in [-0.1, -0.05) is 6.08 Å². The number of nitrogens with zero attached hydrogens (tertiary/aromatic N) is 2. The number of allylic oxidation sites excluding steroid dienone is 1. The second kappa shape index (κ2) is 6.42. The lowest BCUT2D eigenvalue weighted by atomic mass is 10.3. The fraction of sp³-hybridized carbons (Fsp3) is 0.375. The van der Waals surface area contributed by atoms with Crippen molar-refractivity contribution in [3.63, 3.8) is 0 Å². The van der Waals surface area contributed by atoms with Crippen LogP contribution in [0, 0.1) is 0 Å².